The van der Waals surface area contributed by atoms with E-state index in [0.29, 0.717) is 6.54 Å². The first kappa shape index (κ1) is 14.5. The SMILES string of the molecule is CC1CCCC(CN)N1C(=O)COC(C)(C)C. The average molecular weight is 242 g/mol. The van der Waals surface area contributed by atoms with Gasteiger partial charge < -0.3 is 15.4 Å². The quantitative estimate of drug-likeness (QED) is 0.816. The molecule has 0 aromatic carbocycles. The van der Waals surface area contributed by atoms with E-state index < -0.39 is 0 Å². The van der Waals surface area contributed by atoms with Crippen molar-refractivity contribution in [3.63, 3.8) is 0 Å². The smallest absolute Gasteiger partial charge is 0.249 e. The standard InChI is InChI=1S/C13H26N2O2/c1-10-6-5-7-11(8-14)15(10)12(16)9-17-13(2,3)4/h10-11H,5-9,14H2,1-4H3. The zero-order chi connectivity index (χ0) is 13.1. The van der Waals surface area contributed by atoms with Gasteiger partial charge in [-0.15, -0.1) is 0 Å². The van der Waals surface area contributed by atoms with E-state index in [1.165, 1.54) is 0 Å². The number of carbonyl (C=O) groups excluding carboxylic acids is 1. The third-order valence-corrected chi connectivity index (χ3v) is 3.22. The predicted molar refractivity (Wildman–Crippen MR) is 68.7 cm³/mol. The molecule has 4 heteroatoms. The zero-order valence-corrected chi connectivity index (χ0v) is 11.5. The van der Waals surface area contributed by atoms with E-state index in [-0.39, 0.29) is 30.2 Å². The molecule has 0 radical (unpaired) electrons. The molecule has 17 heavy (non-hydrogen) atoms. The molecule has 0 aromatic heterocycles. The molecule has 0 aromatic rings. The van der Waals surface area contributed by atoms with Crippen molar-refractivity contribution in [2.24, 2.45) is 5.73 Å². The minimum Gasteiger partial charge on any atom is -0.366 e. The van der Waals surface area contributed by atoms with Crippen LogP contribution in [0.15, 0.2) is 0 Å². The second-order valence-corrected chi connectivity index (χ2v) is 5.87. The molecule has 2 unspecified atom stereocenters. The highest BCUT2D eigenvalue weighted by atomic mass is 16.5. The number of nitrogens with two attached hydrogens (primary N) is 1. The summed E-state index contributed by atoms with van der Waals surface area (Å²) < 4.78 is 5.55. The summed E-state index contributed by atoms with van der Waals surface area (Å²) in [6, 6.07) is 0.475. The van der Waals surface area contributed by atoms with Crippen LogP contribution < -0.4 is 5.73 Å². The van der Waals surface area contributed by atoms with Gasteiger partial charge in [0.05, 0.1) is 5.60 Å². The number of carbonyl (C=O) groups is 1. The molecular formula is C13H26N2O2. The van der Waals surface area contributed by atoms with Crippen LogP contribution in [-0.4, -0.2) is 41.6 Å². The molecule has 0 aliphatic carbocycles. The first-order valence-corrected chi connectivity index (χ1v) is 6.50. The fraction of sp³-hybridized carbons (Fsp3) is 0.923. The van der Waals surface area contributed by atoms with Gasteiger partial charge in [0.1, 0.15) is 6.61 Å². The summed E-state index contributed by atoms with van der Waals surface area (Å²) in [5.74, 6) is 0.0718. The summed E-state index contributed by atoms with van der Waals surface area (Å²) in [6.45, 7) is 8.67. The molecule has 0 bridgehead atoms. The predicted octanol–water partition coefficient (Wildman–Crippen LogP) is 1.53. The van der Waals surface area contributed by atoms with Gasteiger partial charge in [-0.1, -0.05) is 0 Å². The molecule has 2 N–H and O–H groups in total. The fourth-order valence-corrected chi connectivity index (χ4v) is 2.32. The molecule has 2 atom stereocenters. The van der Waals surface area contributed by atoms with Gasteiger partial charge in [-0.3, -0.25) is 4.79 Å². The first-order valence-electron chi connectivity index (χ1n) is 6.50. The van der Waals surface area contributed by atoms with Gasteiger partial charge in [-0.25, -0.2) is 0 Å². The highest BCUT2D eigenvalue weighted by molar-refractivity contribution is 5.78. The fourth-order valence-electron chi connectivity index (χ4n) is 2.32. The Morgan fingerprint density at radius 1 is 1.41 bits per heavy atom. The van der Waals surface area contributed by atoms with Crippen molar-refractivity contribution in [2.45, 2.75) is 64.6 Å². The van der Waals surface area contributed by atoms with Gasteiger partial charge in [0.25, 0.3) is 0 Å². The Hall–Kier alpha value is -0.610. The van der Waals surface area contributed by atoms with E-state index in [4.69, 9.17) is 10.5 Å². The highest BCUT2D eigenvalue weighted by Crippen LogP contribution is 2.22. The lowest BCUT2D eigenvalue weighted by molar-refractivity contribution is -0.147. The maximum Gasteiger partial charge on any atom is 0.249 e. The molecule has 1 rings (SSSR count). The van der Waals surface area contributed by atoms with Crippen LogP contribution in [0.25, 0.3) is 0 Å². The molecule has 1 fully saturated rings. The third-order valence-electron chi connectivity index (χ3n) is 3.22. The van der Waals surface area contributed by atoms with Gasteiger partial charge in [0.2, 0.25) is 5.91 Å². The number of ether oxygens (including phenoxy) is 1. The largest absolute Gasteiger partial charge is 0.366 e. The second-order valence-electron chi connectivity index (χ2n) is 5.87. The van der Waals surface area contributed by atoms with Gasteiger partial charge in [-0.2, -0.15) is 0 Å². The Balaban J connectivity index is 2.58. The molecule has 1 saturated heterocycles. The number of hydrogen-bond acceptors (Lipinski definition) is 3. The van der Waals surface area contributed by atoms with Crippen molar-refractivity contribution in [1.82, 2.24) is 4.90 Å². The maximum absolute atomic E-state index is 12.2. The van der Waals surface area contributed by atoms with Gasteiger partial charge in [-0.05, 0) is 47.0 Å². The Morgan fingerprint density at radius 2 is 2.06 bits per heavy atom. The number of hydrogen-bond donors (Lipinski definition) is 1. The Bertz CT molecular complexity index is 261. The minimum absolute atomic E-state index is 0.0718. The average Bonchev–Trinajstić information content (AvgIpc) is 2.24. The Morgan fingerprint density at radius 3 is 2.59 bits per heavy atom. The van der Waals surface area contributed by atoms with E-state index in [0.717, 1.165) is 19.3 Å². The van der Waals surface area contributed by atoms with Crippen molar-refractivity contribution in [3.8, 4) is 0 Å². The molecule has 1 aliphatic heterocycles. The molecule has 1 heterocycles. The first-order chi connectivity index (χ1) is 7.85. The topological polar surface area (TPSA) is 55.6 Å². The summed E-state index contributed by atoms with van der Waals surface area (Å²) in [5, 5.41) is 0. The van der Waals surface area contributed by atoms with Crippen LogP contribution in [0.5, 0.6) is 0 Å². The van der Waals surface area contributed by atoms with Crippen LogP contribution in [0.1, 0.15) is 47.0 Å². The molecule has 4 nitrogen and oxygen atoms in total. The minimum atomic E-state index is -0.271. The van der Waals surface area contributed by atoms with E-state index in [1.807, 2.05) is 25.7 Å². The zero-order valence-electron chi connectivity index (χ0n) is 11.5. The van der Waals surface area contributed by atoms with Crippen molar-refractivity contribution >= 4 is 5.91 Å². The molecular weight excluding hydrogens is 216 g/mol. The lowest BCUT2D eigenvalue weighted by Crippen LogP contribution is -2.53. The summed E-state index contributed by atoms with van der Waals surface area (Å²) in [6.07, 6.45) is 3.24. The van der Waals surface area contributed by atoms with Crippen LogP contribution in [0, 0.1) is 0 Å². The summed E-state index contributed by atoms with van der Waals surface area (Å²) in [4.78, 5) is 14.1. The van der Waals surface area contributed by atoms with E-state index in [2.05, 4.69) is 6.92 Å². The third kappa shape index (κ3) is 4.28. The lowest BCUT2D eigenvalue weighted by atomic mass is 9.96. The number of nitrogens with zero attached hydrogens (tertiary/aromatic N) is 1. The van der Waals surface area contributed by atoms with E-state index in [9.17, 15) is 4.79 Å². The van der Waals surface area contributed by atoms with Gasteiger partial charge in [0.15, 0.2) is 0 Å². The van der Waals surface area contributed by atoms with Crippen LogP contribution in [-0.2, 0) is 9.53 Å². The van der Waals surface area contributed by atoms with Crippen molar-refractivity contribution < 1.29 is 9.53 Å². The van der Waals surface area contributed by atoms with Crippen LogP contribution in [0.4, 0.5) is 0 Å². The summed E-state index contributed by atoms with van der Waals surface area (Å²) >= 11 is 0. The monoisotopic (exact) mass is 242 g/mol. The van der Waals surface area contributed by atoms with Crippen LogP contribution in [0.3, 0.4) is 0 Å². The summed E-state index contributed by atoms with van der Waals surface area (Å²) in [7, 11) is 0. The van der Waals surface area contributed by atoms with Crippen molar-refractivity contribution in [2.75, 3.05) is 13.2 Å². The van der Waals surface area contributed by atoms with Crippen LogP contribution >= 0.6 is 0 Å². The molecule has 1 amide bonds. The highest BCUT2D eigenvalue weighted by Gasteiger charge is 2.31. The lowest BCUT2D eigenvalue weighted by Gasteiger charge is -2.40. The number of piperidine rings is 1. The molecule has 100 valence electrons. The van der Waals surface area contributed by atoms with Crippen molar-refractivity contribution in [1.29, 1.82) is 0 Å². The van der Waals surface area contributed by atoms with E-state index in [1.54, 1.807) is 0 Å². The van der Waals surface area contributed by atoms with Gasteiger partial charge in [0, 0.05) is 18.6 Å². The molecule has 0 spiro atoms. The van der Waals surface area contributed by atoms with Crippen molar-refractivity contribution in [3.05, 3.63) is 0 Å². The van der Waals surface area contributed by atoms with E-state index >= 15 is 0 Å². The normalized spacial score (nSPS) is 26.1. The second kappa shape index (κ2) is 5.83. The Kier molecular flexibility index (Phi) is 4.95. The van der Waals surface area contributed by atoms with Crippen LogP contribution in [0.2, 0.25) is 0 Å². The molecule has 1 aliphatic rings. The number of amides is 1. The maximum atomic E-state index is 12.2. The Labute approximate surface area is 104 Å². The summed E-state index contributed by atoms with van der Waals surface area (Å²) in [5.41, 5.74) is 5.47. The number of rotatable bonds is 3. The number of likely N-dealkylation sites (tertiary alicyclic amines) is 1. The van der Waals surface area contributed by atoms with Gasteiger partial charge >= 0.3 is 0 Å². The molecule has 0 saturated carbocycles.